The molecule has 0 radical (unpaired) electrons. The van der Waals surface area contributed by atoms with Crippen LogP contribution in [0.4, 0.5) is 0 Å². The third-order valence-electron chi connectivity index (χ3n) is 5.11. The normalized spacial score (nSPS) is 10.5. The maximum Gasteiger partial charge on any atom is 0.344 e. The highest BCUT2D eigenvalue weighted by molar-refractivity contribution is 5.99. The van der Waals surface area contributed by atoms with E-state index in [1.807, 2.05) is 30.3 Å². The lowest BCUT2D eigenvalue weighted by Crippen LogP contribution is -2.11. The van der Waals surface area contributed by atoms with Crippen molar-refractivity contribution in [3.63, 3.8) is 0 Å². The van der Waals surface area contributed by atoms with Gasteiger partial charge in [-0.3, -0.25) is 4.79 Å². The third-order valence-corrected chi connectivity index (χ3v) is 5.11. The van der Waals surface area contributed by atoms with Gasteiger partial charge in [0.25, 0.3) is 0 Å². The summed E-state index contributed by atoms with van der Waals surface area (Å²) in [5, 5.41) is 0. The van der Waals surface area contributed by atoms with Gasteiger partial charge in [0.2, 0.25) is 0 Å². The van der Waals surface area contributed by atoms with Crippen molar-refractivity contribution < 1.29 is 23.8 Å². The number of carbonyl (C=O) groups excluding carboxylic acids is 2. The fourth-order valence-corrected chi connectivity index (χ4v) is 3.45. The summed E-state index contributed by atoms with van der Waals surface area (Å²) in [6.45, 7) is 4.19. The van der Waals surface area contributed by atoms with Gasteiger partial charge in [-0.1, -0.05) is 62.9 Å². The molecule has 0 aliphatic carbocycles. The largest absolute Gasteiger partial charge is 0.494 e. The van der Waals surface area contributed by atoms with Crippen LogP contribution in [-0.2, 0) is 4.79 Å². The minimum atomic E-state index is -0.535. The number of esters is 2. The number of hydrogen-bond donors (Lipinski definition) is 0. The molecule has 5 heteroatoms. The fraction of sp³-hybridized carbons (Fsp3) is 0.286. The first-order valence-corrected chi connectivity index (χ1v) is 11.4. The number of unbranched alkanes of at least 4 members (excludes halogenated alkanes) is 4. The molecule has 0 aromatic heterocycles. The van der Waals surface area contributed by atoms with E-state index in [2.05, 4.69) is 6.92 Å². The van der Waals surface area contributed by atoms with Crippen molar-refractivity contribution in [1.82, 2.24) is 0 Å². The molecule has 3 aromatic rings. The maximum atomic E-state index is 13.0. The van der Waals surface area contributed by atoms with Crippen molar-refractivity contribution >= 4 is 11.9 Å². The van der Waals surface area contributed by atoms with E-state index in [1.165, 1.54) is 38.7 Å². The van der Waals surface area contributed by atoms with Gasteiger partial charge in [0.1, 0.15) is 17.2 Å². The summed E-state index contributed by atoms with van der Waals surface area (Å²) in [6.07, 6.45) is 5.91. The van der Waals surface area contributed by atoms with E-state index in [9.17, 15) is 9.59 Å². The van der Waals surface area contributed by atoms with E-state index in [0.717, 1.165) is 17.7 Å². The summed E-state index contributed by atoms with van der Waals surface area (Å²) < 4.78 is 16.6. The van der Waals surface area contributed by atoms with E-state index in [1.54, 1.807) is 36.4 Å². The monoisotopic (exact) mass is 446 g/mol. The molecule has 0 bridgehead atoms. The summed E-state index contributed by atoms with van der Waals surface area (Å²) in [4.78, 5) is 24.4. The van der Waals surface area contributed by atoms with Gasteiger partial charge in [-0.2, -0.15) is 0 Å². The second-order valence-electron chi connectivity index (χ2n) is 7.79. The Balaban J connectivity index is 1.69. The van der Waals surface area contributed by atoms with Gasteiger partial charge < -0.3 is 14.2 Å². The molecule has 3 rings (SSSR count). The quantitative estimate of drug-likeness (QED) is 0.183. The minimum absolute atomic E-state index is 0.289. The van der Waals surface area contributed by atoms with E-state index in [-0.39, 0.29) is 5.75 Å². The number of rotatable bonds is 11. The van der Waals surface area contributed by atoms with Gasteiger partial charge in [-0.15, -0.1) is 0 Å². The van der Waals surface area contributed by atoms with Crippen LogP contribution in [0.1, 0.15) is 56.3 Å². The lowest BCUT2D eigenvalue weighted by molar-refractivity contribution is -0.131. The summed E-state index contributed by atoms with van der Waals surface area (Å²) in [5.74, 6) is 0.450. The highest BCUT2D eigenvalue weighted by Crippen LogP contribution is 2.29. The molecule has 0 aliphatic rings. The average Bonchev–Trinajstić information content (AvgIpc) is 2.82. The van der Waals surface area contributed by atoms with Crippen LogP contribution in [0.3, 0.4) is 0 Å². The van der Waals surface area contributed by atoms with Crippen molar-refractivity contribution in [1.29, 1.82) is 0 Å². The molecule has 172 valence electrons. The maximum absolute atomic E-state index is 13.0. The SMILES string of the molecule is CCCCCCCOc1ccc(OC(=O)c2cc(OC(C)=O)ccc2-c2ccccc2)cc1. The lowest BCUT2D eigenvalue weighted by atomic mass is 9.99. The second kappa shape index (κ2) is 12.4. The first kappa shape index (κ1) is 24.1. The molecule has 0 saturated heterocycles. The Morgan fingerprint density at radius 2 is 1.39 bits per heavy atom. The summed E-state index contributed by atoms with van der Waals surface area (Å²) >= 11 is 0. The summed E-state index contributed by atoms with van der Waals surface area (Å²) in [5.41, 5.74) is 1.87. The lowest BCUT2D eigenvalue weighted by Gasteiger charge is -2.12. The molecule has 0 N–H and O–H groups in total. The highest BCUT2D eigenvalue weighted by atomic mass is 16.5. The van der Waals surface area contributed by atoms with Crippen molar-refractivity contribution in [2.75, 3.05) is 6.61 Å². The molecule has 0 fully saturated rings. The molecule has 5 nitrogen and oxygen atoms in total. The van der Waals surface area contributed by atoms with Crippen LogP contribution in [0.2, 0.25) is 0 Å². The molecule has 3 aromatic carbocycles. The van der Waals surface area contributed by atoms with Crippen molar-refractivity contribution in [3.05, 3.63) is 78.4 Å². The van der Waals surface area contributed by atoms with E-state index < -0.39 is 11.9 Å². The first-order valence-electron chi connectivity index (χ1n) is 11.4. The fourth-order valence-electron chi connectivity index (χ4n) is 3.45. The van der Waals surface area contributed by atoms with Crippen molar-refractivity contribution in [2.24, 2.45) is 0 Å². The van der Waals surface area contributed by atoms with Gasteiger partial charge in [-0.05, 0) is 60.0 Å². The van der Waals surface area contributed by atoms with Gasteiger partial charge >= 0.3 is 11.9 Å². The Labute approximate surface area is 195 Å². The summed E-state index contributed by atoms with van der Waals surface area (Å²) in [6, 6.07) is 21.5. The Hall–Kier alpha value is -3.60. The van der Waals surface area contributed by atoms with E-state index in [4.69, 9.17) is 14.2 Å². The van der Waals surface area contributed by atoms with Crippen molar-refractivity contribution in [2.45, 2.75) is 46.0 Å². The van der Waals surface area contributed by atoms with Crippen LogP contribution >= 0.6 is 0 Å². The molecule has 33 heavy (non-hydrogen) atoms. The third kappa shape index (κ3) is 7.49. The minimum Gasteiger partial charge on any atom is -0.494 e. The Morgan fingerprint density at radius 1 is 0.727 bits per heavy atom. The topological polar surface area (TPSA) is 61.8 Å². The van der Waals surface area contributed by atoms with Gasteiger partial charge in [-0.25, -0.2) is 4.79 Å². The van der Waals surface area contributed by atoms with E-state index in [0.29, 0.717) is 23.5 Å². The molecule has 0 unspecified atom stereocenters. The smallest absolute Gasteiger partial charge is 0.344 e. The molecule has 0 heterocycles. The predicted octanol–water partition coefficient (Wildman–Crippen LogP) is 6.85. The number of hydrogen-bond acceptors (Lipinski definition) is 5. The second-order valence-corrected chi connectivity index (χ2v) is 7.79. The highest BCUT2D eigenvalue weighted by Gasteiger charge is 2.17. The summed E-state index contributed by atoms with van der Waals surface area (Å²) in [7, 11) is 0. The molecular weight excluding hydrogens is 416 g/mol. The molecule has 0 saturated carbocycles. The van der Waals surface area contributed by atoms with Crippen LogP contribution in [-0.4, -0.2) is 18.5 Å². The molecule has 0 amide bonds. The van der Waals surface area contributed by atoms with Gasteiger partial charge in [0.15, 0.2) is 0 Å². The molecular formula is C28H30O5. The zero-order chi connectivity index (χ0) is 23.5. The Kier molecular flexibility index (Phi) is 9.07. The zero-order valence-electron chi connectivity index (χ0n) is 19.2. The standard InChI is InChI=1S/C28H30O5/c1-3-4-5-6-10-19-31-23-13-15-24(16-14-23)33-28(30)27-20-25(32-21(2)29)17-18-26(27)22-11-8-7-9-12-22/h7-9,11-18,20H,3-6,10,19H2,1-2H3. The first-order chi connectivity index (χ1) is 16.1. The number of carbonyl (C=O) groups is 2. The van der Waals surface area contributed by atoms with Crippen LogP contribution in [0.15, 0.2) is 72.8 Å². The van der Waals surface area contributed by atoms with Crippen LogP contribution in [0.5, 0.6) is 17.2 Å². The van der Waals surface area contributed by atoms with Crippen LogP contribution in [0, 0.1) is 0 Å². The predicted molar refractivity (Wildman–Crippen MR) is 129 cm³/mol. The number of benzene rings is 3. The molecule has 0 atom stereocenters. The van der Waals surface area contributed by atoms with Gasteiger partial charge in [0.05, 0.1) is 12.2 Å². The molecule has 0 spiro atoms. The van der Waals surface area contributed by atoms with Crippen LogP contribution < -0.4 is 14.2 Å². The zero-order valence-corrected chi connectivity index (χ0v) is 19.2. The van der Waals surface area contributed by atoms with Crippen molar-refractivity contribution in [3.8, 4) is 28.4 Å². The number of ether oxygens (including phenoxy) is 3. The average molecular weight is 447 g/mol. The molecule has 0 aliphatic heterocycles. The van der Waals surface area contributed by atoms with Crippen LogP contribution in [0.25, 0.3) is 11.1 Å². The van der Waals surface area contributed by atoms with Gasteiger partial charge in [0, 0.05) is 6.92 Å². The Bertz CT molecular complexity index is 1040. The Morgan fingerprint density at radius 3 is 2.09 bits per heavy atom. The van der Waals surface area contributed by atoms with E-state index >= 15 is 0 Å².